The molecular weight excluding hydrogens is 296 g/mol. The van der Waals surface area contributed by atoms with Gasteiger partial charge in [0.2, 0.25) is 5.95 Å². The summed E-state index contributed by atoms with van der Waals surface area (Å²) in [6.07, 6.45) is 4.31. The molecule has 118 valence electrons. The molecule has 0 unspecified atom stereocenters. The van der Waals surface area contributed by atoms with Crippen LogP contribution in [0.5, 0.6) is 0 Å². The third kappa shape index (κ3) is 3.90. The SMILES string of the molecule is CNc1ncc(-c2cc(N)ccc2CC(C)(C)O)c(SC)n1. The summed E-state index contributed by atoms with van der Waals surface area (Å²) >= 11 is 1.56. The van der Waals surface area contributed by atoms with Gasteiger partial charge in [0.05, 0.1) is 5.60 Å². The van der Waals surface area contributed by atoms with Crippen LogP contribution in [0.3, 0.4) is 0 Å². The van der Waals surface area contributed by atoms with Gasteiger partial charge in [0.15, 0.2) is 0 Å². The van der Waals surface area contributed by atoms with Gasteiger partial charge in [0.1, 0.15) is 5.03 Å². The van der Waals surface area contributed by atoms with Gasteiger partial charge in [-0.15, -0.1) is 11.8 Å². The van der Waals surface area contributed by atoms with Gasteiger partial charge in [-0.05, 0) is 43.4 Å². The molecule has 1 heterocycles. The summed E-state index contributed by atoms with van der Waals surface area (Å²) < 4.78 is 0. The third-order valence-electron chi connectivity index (χ3n) is 3.22. The second-order valence-corrected chi connectivity index (χ2v) is 6.57. The first kappa shape index (κ1) is 16.6. The Balaban J connectivity index is 2.58. The molecule has 1 aromatic heterocycles. The van der Waals surface area contributed by atoms with Crippen LogP contribution in [0.25, 0.3) is 11.1 Å². The molecule has 0 aliphatic heterocycles. The Bertz CT molecular complexity index is 668. The summed E-state index contributed by atoms with van der Waals surface area (Å²) in [5, 5.41) is 14.0. The zero-order valence-electron chi connectivity index (χ0n) is 13.3. The minimum Gasteiger partial charge on any atom is -0.399 e. The van der Waals surface area contributed by atoms with Gasteiger partial charge in [-0.25, -0.2) is 9.97 Å². The average molecular weight is 318 g/mol. The first-order valence-corrected chi connectivity index (χ1v) is 8.26. The molecule has 2 aromatic rings. The highest BCUT2D eigenvalue weighted by Gasteiger charge is 2.19. The average Bonchev–Trinajstić information content (AvgIpc) is 2.47. The summed E-state index contributed by atoms with van der Waals surface area (Å²) in [5.74, 6) is 0.584. The van der Waals surface area contributed by atoms with Gasteiger partial charge < -0.3 is 16.2 Å². The summed E-state index contributed by atoms with van der Waals surface area (Å²) in [6.45, 7) is 3.59. The molecule has 5 nitrogen and oxygen atoms in total. The van der Waals surface area contributed by atoms with Gasteiger partial charge in [0, 0.05) is 30.9 Å². The number of nitrogens with two attached hydrogens (primary N) is 1. The number of aromatic nitrogens is 2. The van der Waals surface area contributed by atoms with Gasteiger partial charge in [0.25, 0.3) is 0 Å². The highest BCUT2D eigenvalue weighted by atomic mass is 32.2. The molecule has 0 fully saturated rings. The maximum Gasteiger partial charge on any atom is 0.223 e. The molecule has 0 aliphatic rings. The maximum atomic E-state index is 10.1. The van der Waals surface area contributed by atoms with E-state index in [1.807, 2.05) is 24.5 Å². The van der Waals surface area contributed by atoms with Crippen LogP contribution in [0.2, 0.25) is 0 Å². The molecule has 0 bridgehead atoms. The van der Waals surface area contributed by atoms with Crippen LogP contribution in [0.4, 0.5) is 11.6 Å². The molecule has 4 N–H and O–H groups in total. The quantitative estimate of drug-likeness (QED) is 0.447. The second-order valence-electron chi connectivity index (χ2n) is 5.77. The van der Waals surface area contributed by atoms with Gasteiger partial charge in [-0.1, -0.05) is 6.07 Å². The Kier molecular flexibility index (Phi) is 4.93. The van der Waals surface area contributed by atoms with E-state index in [9.17, 15) is 5.11 Å². The van der Waals surface area contributed by atoms with Crippen molar-refractivity contribution < 1.29 is 5.11 Å². The zero-order chi connectivity index (χ0) is 16.3. The van der Waals surface area contributed by atoms with Crippen molar-refractivity contribution in [2.45, 2.75) is 30.9 Å². The molecular formula is C16H22N4OS. The Morgan fingerprint density at radius 1 is 1.32 bits per heavy atom. The predicted molar refractivity (Wildman–Crippen MR) is 93.2 cm³/mol. The van der Waals surface area contributed by atoms with E-state index in [1.165, 1.54) is 0 Å². The van der Waals surface area contributed by atoms with Crippen molar-refractivity contribution in [3.8, 4) is 11.1 Å². The zero-order valence-corrected chi connectivity index (χ0v) is 14.2. The number of anilines is 2. The molecule has 0 aliphatic carbocycles. The number of nitrogens with one attached hydrogen (secondary N) is 1. The van der Waals surface area contributed by atoms with E-state index in [1.54, 1.807) is 38.9 Å². The Labute approximate surface area is 135 Å². The fourth-order valence-corrected chi connectivity index (χ4v) is 2.85. The van der Waals surface area contributed by atoms with Gasteiger partial charge >= 0.3 is 0 Å². The molecule has 0 spiro atoms. The largest absolute Gasteiger partial charge is 0.399 e. The van der Waals surface area contributed by atoms with Crippen LogP contribution in [-0.2, 0) is 6.42 Å². The highest BCUT2D eigenvalue weighted by molar-refractivity contribution is 7.98. The topological polar surface area (TPSA) is 84.1 Å². The molecule has 0 saturated carbocycles. The lowest BCUT2D eigenvalue weighted by molar-refractivity contribution is 0.0811. The number of rotatable bonds is 5. The van der Waals surface area contributed by atoms with E-state index in [0.29, 0.717) is 18.1 Å². The highest BCUT2D eigenvalue weighted by Crippen LogP contribution is 2.34. The van der Waals surface area contributed by atoms with Crippen molar-refractivity contribution in [1.82, 2.24) is 9.97 Å². The van der Waals surface area contributed by atoms with Crippen molar-refractivity contribution in [2.24, 2.45) is 0 Å². The fraction of sp³-hybridized carbons (Fsp3) is 0.375. The van der Waals surface area contributed by atoms with Crippen LogP contribution in [0.15, 0.2) is 29.4 Å². The normalized spacial score (nSPS) is 11.5. The Hall–Kier alpha value is -1.79. The molecule has 1 aromatic carbocycles. The monoisotopic (exact) mass is 318 g/mol. The Morgan fingerprint density at radius 2 is 2.05 bits per heavy atom. The third-order valence-corrected chi connectivity index (χ3v) is 3.92. The van der Waals surface area contributed by atoms with E-state index >= 15 is 0 Å². The number of aliphatic hydroxyl groups is 1. The molecule has 0 amide bonds. The lowest BCUT2D eigenvalue weighted by Gasteiger charge is -2.20. The molecule has 6 heteroatoms. The van der Waals surface area contributed by atoms with Gasteiger partial charge in [-0.3, -0.25) is 0 Å². The molecule has 22 heavy (non-hydrogen) atoms. The number of nitrogen functional groups attached to an aromatic ring is 1. The number of hydrogen-bond acceptors (Lipinski definition) is 6. The fourth-order valence-electron chi connectivity index (χ4n) is 2.29. The lowest BCUT2D eigenvalue weighted by Crippen LogP contribution is -2.22. The van der Waals surface area contributed by atoms with Crippen molar-refractivity contribution in [1.29, 1.82) is 0 Å². The first-order valence-electron chi connectivity index (χ1n) is 7.04. The van der Waals surface area contributed by atoms with E-state index in [4.69, 9.17) is 5.73 Å². The molecule has 2 rings (SSSR count). The minimum absolute atomic E-state index is 0.532. The van der Waals surface area contributed by atoms with Crippen molar-refractivity contribution in [2.75, 3.05) is 24.4 Å². The summed E-state index contributed by atoms with van der Waals surface area (Å²) in [7, 11) is 1.79. The Morgan fingerprint density at radius 3 is 2.64 bits per heavy atom. The number of hydrogen-bond donors (Lipinski definition) is 3. The number of nitrogens with zero attached hydrogens (tertiary/aromatic N) is 2. The lowest BCUT2D eigenvalue weighted by atomic mass is 9.92. The van der Waals surface area contributed by atoms with Crippen LogP contribution in [-0.4, -0.2) is 34.0 Å². The summed E-state index contributed by atoms with van der Waals surface area (Å²) in [4.78, 5) is 8.80. The van der Waals surface area contributed by atoms with E-state index in [0.717, 1.165) is 21.7 Å². The van der Waals surface area contributed by atoms with E-state index in [2.05, 4.69) is 15.3 Å². The van der Waals surface area contributed by atoms with Crippen molar-refractivity contribution >= 4 is 23.4 Å². The molecule has 0 radical (unpaired) electrons. The molecule has 0 saturated heterocycles. The van der Waals surface area contributed by atoms with Crippen molar-refractivity contribution in [3.05, 3.63) is 30.0 Å². The predicted octanol–water partition coefficient (Wildman–Crippen LogP) is 2.80. The van der Waals surface area contributed by atoms with Crippen molar-refractivity contribution in [3.63, 3.8) is 0 Å². The first-order chi connectivity index (χ1) is 10.3. The van der Waals surface area contributed by atoms with Crippen LogP contribution in [0.1, 0.15) is 19.4 Å². The van der Waals surface area contributed by atoms with E-state index in [-0.39, 0.29) is 0 Å². The summed E-state index contributed by atoms with van der Waals surface area (Å²) in [6, 6.07) is 5.73. The van der Waals surface area contributed by atoms with Crippen LogP contribution in [0, 0.1) is 0 Å². The standard InChI is InChI=1S/C16H22N4OS/c1-16(2,21)8-10-5-6-11(17)7-12(10)13-9-19-15(18-3)20-14(13)22-4/h5-7,9,21H,8,17H2,1-4H3,(H,18,19,20). The minimum atomic E-state index is -0.795. The second kappa shape index (κ2) is 6.54. The van der Waals surface area contributed by atoms with Crippen LogP contribution < -0.4 is 11.1 Å². The summed E-state index contributed by atoms with van der Waals surface area (Å²) in [5.41, 5.74) is 8.76. The van der Waals surface area contributed by atoms with Crippen LogP contribution >= 0.6 is 11.8 Å². The maximum absolute atomic E-state index is 10.1. The molecule has 0 atom stereocenters. The number of benzene rings is 1. The van der Waals surface area contributed by atoms with E-state index < -0.39 is 5.60 Å². The smallest absolute Gasteiger partial charge is 0.223 e. The number of thioether (sulfide) groups is 1. The van der Waals surface area contributed by atoms with Gasteiger partial charge in [-0.2, -0.15) is 0 Å².